The molecule has 0 bridgehead atoms. The molecule has 1 amide bonds. The third-order valence-electron chi connectivity index (χ3n) is 2.77. The van der Waals surface area contributed by atoms with Gasteiger partial charge in [0.05, 0.1) is 5.56 Å². The summed E-state index contributed by atoms with van der Waals surface area (Å²) in [6.07, 6.45) is 3.33. The summed E-state index contributed by atoms with van der Waals surface area (Å²) in [5, 5.41) is 10.1. The lowest BCUT2D eigenvalue weighted by atomic mass is 10.3. The molecule has 0 radical (unpaired) electrons. The largest absolute Gasteiger partial charge is 0.381 e. The van der Waals surface area contributed by atoms with E-state index < -0.39 is 0 Å². The van der Waals surface area contributed by atoms with E-state index in [0.29, 0.717) is 13.2 Å². The van der Waals surface area contributed by atoms with Crippen molar-refractivity contribution in [1.29, 1.82) is 0 Å². The lowest BCUT2D eigenvalue weighted by Crippen LogP contribution is -2.26. The van der Waals surface area contributed by atoms with Crippen molar-refractivity contribution in [3.63, 3.8) is 0 Å². The average Bonchev–Trinajstić information content (AvgIpc) is 3.20. The van der Waals surface area contributed by atoms with Gasteiger partial charge in [-0.1, -0.05) is 23.2 Å². The molecule has 7 heteroatoms. The second kappa shape index (κ2) is 7.03. The normalized spacial score (nSPS) is 14.4. The van der Waals surface area contributed by atoms with Gasteiger partial charge in [0.1, 0.15) is 0 Å². The molecule has 1 aliphatic rings. The van der Waals surface area contributed by atoms with Gasteiger partial charge < -0.3 is 10.1 Å². The van der Waals surface area contributed by atoms with Crippen LogP contribution in [0.4, 0.5) is 0 Å². The van der Waals surface area contributed by atoms with Crippen LogP contribution in [-0.4, -0.2) is 35.9 Å². The molecule has 1 aliphatic carbocycles. The SMILES string of the molecule is O=C(NCCCOCC1CC1)c1cc(Cl)nnc1Cl. The molecule has 0 saturated heterocycles. The Morgan fingerprint density at radius 3 is 2.95 bits per heavy atom. The minimum absolute atomic E-state index is 0.0480. The van der Waals surface area contributed by atoms with Crippen LogP contribution in [0.3, 0.4) is 0 Å². The first-order chi connectivity index (χ1) is 9.16. The Morgan fingerprint density at radius 2 is 2.21 bits per heavy atom. The molecular weight excluding hydrogens is 289 g/mol. The number of halogens is 2. The topological polar surface area (TPSA) is 64.1 Å². The molecule has 0 spiro atoms. The number of carbonyl (C=O) groups excluding carboxylic acids is 1. The molecule has 1 heterocycles. The Bertz CT molecular complexity index is 453. The van der Waals surface area contributed by atoms with Gasteiger partial charge in [0.25, 0.3) is 5.91 Å². The van der Waals surface area contributed by atoms with E-state index >= 15 is 0 Å². The molecule has 2 rings (SSSR count). The molecule has 1 saturated carbocycles. The highest BCUT2D eigenvalue weighted by Crippen LogP contribution is 2.28. The summed E-state index contributed by atoms with van der Waals surface area (Å²) in [7, 11) is 0. The van der Waals surface area contributed by atoms with Crippen LogP contribution in [0.25, 0.3) is 0 Å². The molecule has 1 aromatic rings. The predicted molar refractivity (Wildman–Crippen MR) is 72.5 cm³/mol. The maximum atomic E-state index is 11.8. The van der Waals surface area contributed by atoms with Gasteiger partial charge >= 0.3 is 0 Å². The van der Waals surface area contributed by atoms with Crippen molar-refractivity contribution < 1.29 is 9.53 Å². The highest BCUT2D eigenvalue weighted by Gasteiger charge is 2.20. The molecule has 19 heavy (non-hydrogen) atoms. The maximum absolute atomic E-state index is 11.8. The van der Waals surface area contributed by atoms with Crippen LogP contribution in [0.15, 0.2) is 6.07 Å². The number of carbonyl (C=O) groups is 1. The third-order valence-corrected chi connectivity index (χ3v) is 3.23. The van der Waals surface area contributed by atoms with E-state index in [2.05, 4.69) is 15.5 Å². The Labute approximate surface area is 121 Å². The van der Waals surface area contributed by atoms with E-state index in [-0.39, 0.29) is 21.8 Å². The zero-order chi connectivity index (χ0) is 13.7. The molecule has 5 nitrogen and oxygen atoms in total. The van der Waals surface area contributed by atoms with Crippen LogP contribution in [0.2, 0.25) is 10.3 Å². The van der Waals surface area contributed by atoms with Crippen LogP contribution in [0, 0.1) is 5.92 Å². The van der Waals surface area contributed by atoms with Gasteiger partial charge in [-0.2, -0.15) is 0 Å². The third kappa shape index (κ3) is 4.93. The second-order valence-electron chi connectivity index (χ2n) is 4.50. The highest BCUT2D eigenvalue weighted by atomic mass is 35.5. The van der Waals surface area contributed by atoms with Crippen LogP contribution >= 0.6 is 23.2 Å². The van der Waals surface area contributed by atoms with Crippen LogP contribution in [-0.2, 0) is 4.74 Å². The van der Waals surface area contributed by atoms with Crippen molar-refractivity contribution in [3.8, 4) is 0 Å². The number of ether oxygens (including phenoxy) is 1. The minimum Gasteiger partial charge on any atom is -0.381 e. The zero-order valence-corrected chi connectivity index (χ0v) is 11.9. The fourth-order valence-corrected chi connectivity index (χ4v) is 1.84. The van der Waals surface area contributed by atoms with Gasteiger partial charge in [0.2, 0.25) is 0 Å². The van der Waals surface area contributed by atoms with Crippen LogP contribution in [0.5, 0.6) is 0 Å². The Morgan fingerprint density at radius 1 is 1.42 bits per heavy atom. The fourth-order valence-electron chi connectivity index (χ4n) is 1.52. The van der Waals surface area contributed by atoms with Gasteiger partial charge in [-0.05, 0) is 31.2 Å². The van der Waals surface area contributed by atoms with E-state index in [1.165, 1.54) is 18.9 Å². The van der Waals surface area contributed by atoms with Crippen LogP contribution < -0.4 is 5.32 Å². The molecule has 1 N–H and O–H groups in total. The van der Waals surface area contributed by atoms with Gasteiger partial charge in [-0.25, -0.2) is 0 Å². The first-order valence-corrected chi connectivity index (χ1v) is 6.97. The van der Waals surface area contributed by atoms with Crippen molar-refractivity contribution in [1.82, 2.24) is 15.5 Å². The summed E-state index contributed by atoms with van der Waals surface area (Å²) in [6.45, 7) is 2.02. The summed E-state index contributed by atoms with van der Waals surface area (Å²) in [4.78, 5) is 11.8. The lowest BCUT2D eigenvalue weighted by Gasteiger charge is -2.06. The van der Waals surface area contributed by atoms with E-state index in [9.17, 15) is 4.79 Å². The number of aromatic nitrogens is 2. The molecule has 0 aromatic carbocycles. The number of rotatable bonds is 7. The highest BCUT2D eigenvalue weighted by molar-refractivity contribution is 6.34. The number of nitrogens with zero attached hydrogens (tertiary/aromatic N) is 2. The number of hydrogen-bond donors (Lipinski definition) is 1. The van der Waals surface area contributed by atoms with Crippen molar-refractivity contribution in [2.24, 2.45) is 5.92 Å². The lowest BCUT2D eigenvalue weighted by molar-refractivity contribution is 0.0937. The number of nitrogens with one attached hydrogen (secondary N) is 1. The second-order valence-corrected chi connectivity index (χ2v) is 5.24. The summed E-state index contributed by atoms with van der Waals surface area (Å²) in [5.41, 5.74) is 0.237. The van der Waals surface area contributed by atoms with E-state index in [1.54, 1.807) is 0 Å². The quantitative estimate of drug-likeness (QED) is 0.785. The summed E-state index contributed by atoms with van der Waals surface area (Å²) in [6, 6.07) is 1.40. The van der Waals surface area contributed by atoms with Gasteiger partial charge in [0, 0.05) is 19.8 Å². The van der Waals surface area contributed by atoms with E-state index in [0.717, 1.165) is 18.9 Å². The molecule has 1 aromatic heterocycles. The van der Waals surface area contributed by atoms with Crippen molar-refractivity contribution >= 4 is 29.1 Å². The van der Waals surface area contributed by atoms with Gasteiger partial charge in [0.15, 0.2) is 10.3 Å². The van der Waals surface area contributed by atoms with Crippen molar-refractivity contribution in [3.05, 3.63) is 21.9 Å². The molecule has 104 valence electrons. The van der Waals surface area contributed by atoms with Crippen LogP contribution in [0.1, 0.15) is 29.6 Å². The van der Waals surface area contributed by atoms with E-state index in [1.807, 2.05) is 0 Å². The number of hydrogen-bond acceptors (Lipinski definition) is 4. The predicted octanol–water partition coefficient (Wildman–Crippen LogP) is 2.33. The minimum atomic E-state index is -0.302. The smallest absolute Gasteiger partial charge is 0.254 e. The Hall–Kier alpha value is -0.910. The molecule has 0 atom stereocenters. The van der Waals surface area contributed by atoms with Gasteiger partial charge in [-0.15, -0.1) is 10.2 Å². The summed E-state index contributed by atoms with van der Waals surface area (Å²) in [5.74, 6) is 0.461. The first kappa shape index (κ1) is 14.5. The Balaban J connectivity index is 1.66. The van der Waals surface area contributed by atoms with Crippen molar-refractivity contribution in [2.45, 2.75) is 19.3 Å². The summed E-state index contributed by atoms with van der Waals surface area (Å²) >= 11 is 11.4. The maximum Gasteiger partial charge on any atom is 0.254 e. The number of amides is 1. The monoisotopic (exact) mass is 303 g/mol. The van der Waals surface area contributed by atoms with Crippen molar-refractivity contribution in [2.75, 3.05) is 19.8 Å². The molecule has 0 unspecified atom stereocenters. The molecule has 1 fully saturated rings. The fraction of sp³-hybridized carbons (Fsp3) is 0.583. The molecule has 0 aliphatic heterocycles. The van der Waals surface area contributed by atoms with E-state index in [4.69, 9.17) is 27.9 Å². The Kier molecular flexibility index (Phi) is 5.36. The molecular formula is C12H15Cl2N3O2. The van der Waals surface area contributed by atoms with Gasteiger partial charge in [-0.3, -0.25) is 4.79 Å². The zero-order valence-electron chi connectivity index (χ0n) is 10.4. The average molecular weight is 304 g/mol. The summed E-state index contributed by atoms with van der Waals surface area (Å²) < 4.78 is 5.47. The first-order valence-electron chi connectivity index (χ1n) is 6.21. The standard InChI is InChI=1S/C12H15Cl2N3O2/c13-10-6-9(11(14)17-16-10)12(18)15-4-1-5-19-7-8-2-3-8/h6,8H,1-5,7H2,(H,15,18).